The second kappa shape index (κ2) is 21.2. The molecule has 3 aliphatic carbocycles. The van der Waals surface area contributed by atoms with Crippen LogP contribution in [0, 0.1) is 30.6 Å². The van der Waals surface area contributed by atoms with Gasteiger partial charge in [-0.05, 0) is 115 Å². The number of unbranched alkanes of at least 4 members (excludes halogenated alkanes) is 2. The lowest BCUT2D eigenvalue weighted by atomic mass is 9.73. The van der Waals surface area contributed by atoms with Crippen LogP contribution in [0.5, 0.6) is 0 Å². The number of fused-ring (bicyclic) bond motifs is 1. The summed E-state index contributed by atoms with van der Waals surface area (Å²) in [4.78, 5) is 5.32. The van der Waals surface area contributed by atoms with Gasteiger partial charge in [0.2, 0.25) is 0 Å². The van der Waals surface area contributed by atoms with Crippen LogP contribution in [-0.4, -0.2) is 12.4 Å². The van der Waals surface area contributed by atoms with Gasteiger partial charge in [-0.15, -0.1) is 6.58 Å². The fraction of sp³-hybridized carbons (Fsp3) is 0.262. The van der Waals surface area contributed by atoms with E-state index in [1.807, 2.05) is 6.07 Å². The topological polar surface area (TPSA) is 24.4 Å². The first-order valence-corrected chi connectivity index (χ1v) is 23.1. The Balaban J connectivity index is 1.07. The van der Waals surface area contributed by atoms with Gasteiger partial charge >= 0.3 is 0 Å². The number of hydrogen-bond donors (Lipinski definition) is 1. The lowest BCUT2D eigenvalue weighted by Gasteiger charge is -2.31. The second-order valence-corrected chi connectivity index (χ2v) is 17.5. The first kappa shape index (κ1) is 44.8. The summed E-state index contributed by atoms with van der Waals surface area (Å²) in [5.41, 5.74) is 13.8. The minimum atomic E-state index is -0.0504. The average Bonchev–Trinajstić information content (AvgIpc) is 3.31. The number of nitrogens with one attached hydrogen (secondary N) is 1. The van der Waals surface area contributed by atoms with Gasteiger partial charge in [0.15, 0.2) is 0 Å². The summed E-state index contributed by atoms with van der Waals surface area (Å²) in [5, 5.41) is 6.25. The minimum Gasteiger partial charge on any atom is -0.366 e. The highest BCUT2D eigenvalue weighted by atomic mass is 15.0. The van der Waals surface area contributed by atoms with Crippen LogP contribution >= 0.6 is 0 Å². The number of nitrogens with zero attached hydrogens (tertiary/aromatic N) is 1. The van der Waals surface area contributed by atoms with Crippen molar-refractivity contribution in [1.29, 1.82) is 0 Å². The van der Waals surface area contributed by atoms with E-state index in [1.54, 1.807) is 0 Å². The molecule has 0 amide bonds. The van der Waals surface area contributed by atoms with Crippen molar-refractivity contribution in [3.05, 3.63) is 239 Å². The molecule has 0 saturated carbocycles. The fourth-order valence-electron chi connectivity index (χ4n) is 9.76. The van der Waals surface area contributed by atoms with E-state index >= 15 is 0 Å². The van der Waals surface area contributed by atoms with Crippen molar-refractivity contribution in [2.45, 2.75) is 72.3 Å². The summed E-state index contributed by atoms with van der Waals surface area (Å²) in [6.07, 6.45) is 36.1. The predicted octanol–water partition coefficient (Wildman–Crippen LogP) is 15.9. The first-order chi connectivity index (χ1) is 30.7. The maximum absolute atomic E-state index is 5.32. The molecule has 6 unspecified atom stereocenters. The van der Waals surface area contributed by atoms with E-state index in [0.29, 0.717) is 12.5 Å². The van der Waals surface area contributed by atoms with Crippen molar-refractivity contribution in [2.24, 2.45) is 28.7 Å². The summed E-state index contributed by atoms with van der Waals surface area (Å²) in [6.45, 7) is 25.5. The van der Waals surface area contributed by atoms with Crippen molar-refractivity contribution in [3.63, 3.8) is 0 Å². The molecule has 0 radical (unpaired) electrons. The van der Waals surface area contributed by atoms with Crippen LogP contribution < -0.4 is 5.32 Å². The molecule has 4 aromatic rings. The standard InChI is InChI=1S/C61H66N2/c1-9-24-52-43(4)26-23-36-56(52)47(8)63-61(50-30-15-12-16-31-50)62-41-44(5)53-32-19-20-33-54(53)46(7)55-39-40-60(58-35-22-21-34-57(55)58)59-38-37-49(45(6)51(59)10-2)29-14-11-13-27-48-28-18-17-25-42(48)3/h9-10,12,15-28,30-40,42,47,51,53-54,59H,2,5,7,11,13-14,29,41H2,1,3-4,6,8H3,(H,62,63)/b24-9-,48-27-. The molecule has 0 spiro atoms. The van der Waals surface area contributed by atoms with Crippen molar-refractivity contribution in [2.75, 3.05) is 6.54 Å². The number of hydrogen-bond acceptors (Lipinski definition) is 1. The zero-order chi connectivity index (χ0) is 44.3. The molecule has 4 aromatic carbocycles. The van der Waals surface area contributed by atoms with Gasteiger partial charge < -0.3 is 5.32 Å². The van der Waals surface area contributed by atoms with Crippen LogP contribution in [0.2, 0.25) is 0 Å². The molecule has 0 aliphatic heterocycles. The van der Waals surface area contributed by atoms with Crippen LogP contribution in [0.15, 0.2) is 211 Å². The van der Waals surface area contributed by atoms with Crippen LogP contribution in [0.25, 0.3) is 22.4 Å². The largest absolute Gasteiger partial charge is 0.366 e. The second-order valence-electron chi connectivity index (χ2n) is 17.5. The van der Waals surface area contributed by atoms with Gasteiger partial charge in [-0.1, -0.05) is 201 Å². The number of amidine groups is 1. The molecule has 3 aliphatic rings. The zero-order valence-corrected chi connectivity index (χ0v) is 38.2. The average molecular weight is 827 g/mol. The van der Waals surface area contributed by atoms with Gasteiger partial charge in [-0.2, -0.15) is 0 Å². The lowest BCUT2D eigenvalue weighted by Crippen LogP contribution is -2.30. The Morgan fingerprint density at radius 3 is 2.30 bits per heavy atom. The molecule has 0 fully saturated rings. The first-order valence-electron chi connectivity index (χ1n) is 23.1. The van der Waals surface area contributed by atoms with Crippen molar-refractivity contribution < 1.29 is 0 Å². The lowest BCUT2D eigenvalue weighted by molar-refractivity contribution is 0.630. The molecule has 0 saturated heterocycles. The molecule has 0 aromatic heterocycles. The molecule has 7 rings (SSSR count). The highest BCUT2D eigenvalue weighted by Crippen LogP contribution is 2.44. The monoisotopic (exact) mass is 827 g/mol. The normalized spacial score (nSPS) is 22.0. The van der Waals surface area contributed by atoms with E-state index < -0.39 is 0 Å². The SMILES string of the molecule is C=CC1C(C)=C(CCCC/C=C2/C=CC=CC2C)C=CC1c1ccc(C(=C)C2C=CC=CC2C(=C)CN/C(=N\C(C)c2cccc(C)c2/C=C\C)c2ccccc2)c2ccccc12. The summed E-state index contributed by atoms with van der Waals surface area (Å²) in [5.74, 6) is 1.97. The van der Waals surface area contributed by atoms with E-state index in [9.17, 15) is 0 Å². The fourth-order valence-corrected chi connectivity index (χ4v) is 9.76. The highest BCUT2D eigenvalue weighted by molar-refractivity contribution is 5.99. The Bertz CT molecular complexity index is 2590. The predicted molar refractivity (Wildman–Crippen MR) is 275 cm³/mol. The van der Waals surface area contributed by atoms with Crippen molar-refractivity contribution in [1.82, 2.24) is 5.32 Å². The Morgan fingerprint density at radius 2 is 1.54 bits per heavy atom. The Hall–Kier alpha value is -6.25. The van der Waals surface area contributed by atoms with Crippen LogP contribution in [0.4, 0.5) is 0 Å². The third kappa shape index (κ3) is 10.3. The minimum absolute atomic E-state index is 0.0504. The smallest absolute Gasteiger partial charge is 0.129 e. The zero-order valence-electron chi connectivity index (χ0n) is 38.2. The van der Waals surface area contributed by atoms with Crippen molar-refractivity contribution >= 4 is 28.3 Å². The van der Waals surface area contributed by atoms with Crippen LogP contribution in [0.1, 0.15) is 98.7 Å². The van der Waals surface area contributed by atoms with E-state index in [1.165, 1.54) is 68.2 Å². The number of aryl methyl sites for hydroxylation is 1. The van der Waals surface area contributed by atoms with Gasteiger partial charge in [0, 0.05) is 35.8 Å². The number of aliphatic imine (C=N–C) groups is 1. The summed E-state index contributed by atoms with van der Waals surface area (Å²) in [6, 6.07) is 30.4. The molecule has 1 N–H and O–H groups in total. The van der Waals surface area contributed by atoms with Gasteiger partial charge in [0.05, 0.1) is 6.04 Å². The van der Waals surface area contributed by atoms with Gasteiger partial charge in [0.1, 0.15) is 5.84 Å². The number of benzene rings is 4. The maximum atomic E-state index is 5.32. The number of allylic oxidation sites excluding steroid dienone is 17. The Labute approximate surface area is 378 Å². The maximum Gasteiger partial charge on any atom is 0.129 e. The molecular weight excluding hydrogens is 761 g/mol. The summed E-state index contributed by atoms with van der Waals surface area (Å²) in [7, 11) is 0. The molecular formula is C61H66N2. The summed E-state index contributed by atoms with van der Waals surface area (Å²) >= 11 is 0. The molecule has 6 atom stereocenters. The van der Waals surface area contributed by atoms with E-state index in [2.05, 4.69) is 210 Å². The highest BCUT2D eigenvalue weighted by Gasteiger charge is 2.29. The van der Waals surface area contributed by atoms with E-state index in [0.717, 1.165) is 35.4 Å². The quantitative estimate of drug-likeness (QED) is 0.0517. The van der Waals surface area contributed by atoms with Crippen LogP contribution in [0.3, 0.4) is 0 Å². The molecule has 2 heteroatoms. The van der Waals surface area contributed by atoms with Crippen molar-refractivity contribution in [3.8, 4) is 0 Å². The molecule has 63 heavy (non-hydrogen) atoms. The summed E-state index contributed by atoms with van der Waals surface area (Å²) < 4.78 is 0. The Morgan fingerprint density at radius 1 is 0.794 bits per heavy atom. The number of rotatable bonds is 16. The molecule has 2 nitrogen and oxygen atoms in total. The van der Waals surface area contributed by atoms with Crippen LogP contribution in [-0.2, 0) is 0 Å². The van der Waals surface area contributed by atoms with Gasteiger partial charge in [0.25, 0.3) is 0 Å². The van der Waals surface area contributed by atoms with Gasteiger partial charge in [-0.25, -0.2) is 0 Å². The molecule has 320 valence electrons. The van der Waals surface area contributed by atoms with Gasteiger partial charge in [-0.3, -0.25) is 4.99 Å². The molecule has 0 bridgehead atoms. The third-order valence-electron chi connectivity index (χ3n) is 13.4. The Kier molecular flexibility index (Phi) is 15.1. The van der Waals surface area contributed by atoms with E-state index in [4.69, 9.17) is 18.2 Å². The molecule has 0 heterocycles. The third-order valence-corrected chi connectivity index (χ3v) is 13.4. The van der Waals surface area contributed by atoms with E-state index in [-0.39, 0.29) is 29.7 Å².